The zero-order valence-corrected chi connectivity index (χ0v) is 12.6. The van der Waals surface area contributed by atoms with Gasteiger partial charge in [0.25, 0.3) is 0 Å². The Kier molecular flexibility index (Phi) is 4.55. The lowest BCUT2D eigenvalue weighted by Gasteiger charge is -2.28. The quantitative estimate of drug-likeness (QED) is 0.653. The van der Waals surface area contributed by atoms with Crippen molar-refractivity contribution in [3.63, 3.8) is 0 Å². The molecule has 5 heteroatoms. The van der Waals surface area contributed by atoms with E-state index >= 15 is 0 Å². The molecule has 1 aromatic rings. The molecular formula is C14H22BO3P. The van der Waals surface area contributed by atoms with E-state index < -0.39 is 14.3 Å². The van der Waals surface area contributed by atoms with Crippen molar-refractivity contribution in [2.75, 3.05) is 6.66 Å². The van der Waals surface area contributed by atoms with Gasteiger partial charge >= 0.3 is 7.12 Å². The maximum Gasteiger partial charge on any atom is 0.488 e. The van der Waals surface area contributed by atoms with Crippen molar-refractivity contribution < 1.29 is 14.6 Å². The Hall–Kier alpha value is -0.565. The smallest absolute Gasteiger partial charge is 0.423 e. The second-order valence-corrected chi connectivity index (χ2v) is 8.92. The molecule has 0 radical (unpaired) electrons. The van der Waals surface area contributed by atoms with Gasteiger partial charge in [0.05, 0.1) is 0 Å². The first kappa shape index (κ1) is 14.8. The minimum absolute atomic E-state index is 0.297. The monoisotopic (exact) mass is 280 g/mol. The Balaban J connectivity index is 2.30. The van der Waals surface area contributed by atoms with E-state index in [9.17, 15) is 14.6 Å². The molecule has 0 heterocycles. The van der Waals surface area contributed by atoms with E-state index in [1.807, 2.05) is 19.7 Å². The Morgan fingerprint density at radius 3 is 2.37 bits per heavy atom. The molecule has 0 amide bonds. The van der Waals surface area contributed by atoms with Crippen LogP contribution in [0.1, 0.15) is 37.7 Å². The molecule has 0 saturated heterocycles. The number of aryl methyl sites for hydroxylation is 1. The van der Waals surface area contributed by atoms with Crippen LogP contribution in [0.3, 0.4) is 0 Å². The number of rotatable bonds is 3. The maximum absolute atomic E-state index is 13.1. The zero-order valence-electron chi connectivity index (χ0n) is 11.7. The fourth-order valence-electron chi connectivity index (χ4n) is 3.01. The fourth-order valence-corrected chi connectivity index (χ4v) is 5.60. The Labute approximate surface area is 115 Å². The van der Waals surface area contributed by atoms with Crippen molar-refractivity contribution in [2.24, 2.45) is 0 Å². The van der Waals surface area contributed by atoms with Crippen molar-refractivity contribution >= 4 is 25.0 Å². The van der Waals surface area contributed by atoms with E-state index in [1.165, 1.54) is 19.3 Å². The van der Waals surface area contributed by atoms with Crippen LogP contribution in [0.25, 0.3) is 0 Å². The van der Waals surface area contributed by atoms with Crippen LogP contribution < -0.4 is 10.8 Å². The summed E-state index contributed by atoms with van der Waals surface area (Å²) in [5, 5.41) is 19.3. The summed E-state index contributed by atoms with van der Waals surface area (Å²) in [6.45, 7) is 3.71. The topological polar surface area (TPSA) is 57.5 Å². The Morgan fingerprint density at radius 1 is 1.21 bits per heavy atom. The third-order valence-electron chi connectivity index (χ3n) is 4.32. The van der Waals surface area contributed by atoms with Gasteiger partial charge in [0, 0.05) is 11.0 Å². The van der Waals surface area contributed by atoms with E-state index in [0.717, 1.165) is 23.7 Å². The standard InChI is InChI=1S/C14H22BO3P/c1-11-10-13(8-9-14(11)15(16)17)19(2,18)12-6-4-3-5-7-12/h8-10,12,16-17H,3-7H2,1-2H3. The molecule has 1 fully saturated rings. The van der Waals surface area contributed by atoms with E-state index in [4.69, 9.17) is 0 Å². The summed E-state index contributed by atoms with van der Waals surface area (Å²) in [7, 11) is -3.82. The summed E-state index contributed by atoms with van der Waals surface area (Å²) < 4.78 is 13.1. The molecule has 0 aromatic heterocycles. The summed E-state index contributed by atoms with van der Waals surface area (Å²) in [5.74, 6) is 0. The third kappa shape index (κ3) is 3.13. The average Bonchev–Trinajstić information content (AvgIpc) is 2.39. The lowest BCUT2D eigenvalue weighted by atomic mass is 9.77. The zero-order chi connectivity index (χ0) is 14.0. The molecule has 1 aliphatic carbocycles. The van der Waals surface area contributed by atoms with E-state index in [2.05, 4.69) is 0 Å². The number of hydrogen-bond donors (Lipinski definition) is 2. The molecule has 1 saturated carbocycles. The Bertz CT molecular complexity index is 495. The van der Waals surface area contributed by atoms with Crippen molar-refractivity contribution in [1.82, 2.24) is 0 Å². The largest absolute Gasteiger partial charge is 0.488 e. The van der Waals surface area contributed by atoms with E-state index in [0.29, 0.717) is 11.1 Å². The molecule has 0 bridgehead atoms. The summed E-state index contributed by atoms with van der Waals surface area (Å²) in [6, 6.07) is 5.36. The highest BCUT2D eigenvalue weighted by Gasteiger charge is 2.31. The fraction of sp³-hybridized carbons (Fsp3) is 0.571. The van der Waals surface area contributed by atoms with Gasteiger partial charge in [0.1, 0.15) is 7.14 Å². The van der Waals surface area contributed by atoms with E-state index in [-0.39, 0.29) is 0 Å². The average molecular weight is 280 g/mol. The molecule has 2 N–H and O–H groups in total. The minimum atomic E-state index is -2.36. The molecule has 0 aliphatic heterocycles. The van der Waals surface area contributed by atoms with E-state index in [1.54, 1.807) is 12.1 Å². The first-order chi connectivity index (χ1) is 8.93. The van der Waals surface area contributed by atoms with Gasteiger partial charge in [0.2, 0.25) is 0 Å². The van der Waals surface area contributed by atoms with Crippen LogP contribution in [0.15, 0.2) is 18.2 Å². The SMILES string of the molecule is Cc1cc(P(C)(=O)C2CCCCC2)ccc1B(O)O. The molecule has 1 aromatic carbocycles. The molecule has 104 valence electrons. The lowest BCUT2D eigenvalue weighted by Crippen LogP contribution is -2.33. The molecule has 19 heavy (non-hydrogen) atoms. The van der Waals surface area contributed by atoms with Crippen molar-refractivity contribution in [1.29, 1.82) is 0 Å². The second-order valence-electron chi connectivity index (χ2n) is 5.70. The first-order valence-electron chi connectivity index (χ1n) is 6.97. The Morgan fingerprint density at radius 2 is 1.84 bits per heavy atom. The van der Waals surface area contributed by atoms with Gasteiger partial charge in [-0.15, -0.1) is 0 Å². The van der Waals surface area contributed by atoms with Gasteiger partial charge in [-0.25, -0.2) is 0 Å². The van der Waals surface area contributed by atoms with Crippen LogP contribution in [0.5, 0.6) is 0 Å². The molecule has 3 nitrogen and oxygen atoms in total. The highest BCUT2D eigenvalue weighted by atomic mass is 31.2. The summed E-state index contributed by atoms with van der Waals surface area (Å²) in [6.07, 6.45) is 5.71. The van der Waals surface area contributed by atoms with Gasteiger partial charge in [-0.05, 0) is 38.0 Å². The number of benzene rings is 1. The summed E-state index contributed by atoms with van der Waals surface area (Å²) in [5.41, 5.74) is 1.59. The van der Waals surface area contributed by atoms with Crippen molar-refractivity contribution in [2.45, 2.75) is 44.7 Å². The lowest BCUT2D eigenvalue weighted by molar-refractivity contribution is 0.425. The van der Waals surface area contributed by atoms with Crippen LogP contribution in [-0.2, 0) is 4.57 Å². The third-order valence-corrected chi connectivity index (χ3v) is 7.53. The van der Waals surface area contributed by atoms with Gasteiger partial charge in [-0.3, -0.25) is 0 Å². The van der Waals surface area contributed by atoms with Crippen LogP contribution in [0.4, 0.5) is 0 Å². The highest BCUT2D eigenvalue weighted by molar-refractivity contribution is 7.71. The number of hydrogen-bond acceptors (Lipinski definition) is 3. The first-order valence-corrected chi connectivity index (χ1v) is 9.19. The maximum atomic E-state index is 13.1. The predicted octanol–water partition coefficient (Wildman–Crippen LogP) is 1.63. The minimum Gasteiger partial charge on any atom is -0.423 e. The van der Waals surface area contributed by atoms with Gasteiger partial charge in [-0.2, -0.15) is 0 Å². The normalized spacial score (nSPS) is 20.0. The van der Waals surface area contributed by atoms with Crippen LogP contribution in [-0.4, -0.2) is 29.5 Å². The second kappa shape index (κ2) is 5.82. The van der Waals surface area contributed by atoms with Crippen molar-refractivity contribution in [3.8, 4) is 0 Å². The van der Waals surface area contributed by atoms with Crippen LogP contribution in [0, 0.1) is 6.92 Å². The van der Waals surface area contributed by atoms with Crippen LogP contribution >= 0.6 is 7.14 Å². The predicted molar refractivity (Wildman–Crippen MR) is 81.0 cm³/mol. The molecule has 0 spiro atoms. The van der Waals surface area contributed by atoms with Gasteiger partial charge in [-0.1, -0.05) is 37.0 Å². The van der Waals surface area contributed by atoms with Gasteiger partial charge < -0.3 is 14.6 Å². The molecule has 1 aliphatic rings. The molecule has 1 unspecified atom stereocenters. The van der Waals surface area contributed by atoms with Crippen LogP contribution in [0.2, 0.25) is 0 Å². The molecule has 2 rings (SSSR count). The van der Waals surface area contributed by atoms with Crippen molar-refractivity contribution in [3.05, 3.63) is 23.8 Å². The molecular weight excluding hydrogens is 258 g/mol. The highest BCUT2D eigenvalue weighted by Crippen LogP contribution is 2.51. The summed E-state index contributed by atoms with van der Waals surface area (Å²) >= 11 is 0. The summed E-state index contributed by atoms with van der Waals surface area (Å²) in [4.78, 5) is 0. The van der Waals surface area contributed by atoms with Gasteiger partial charge in [0.15, 0.2) is 0 Å². The molecule has 1 atom stereocenters.